The first-order chi connectivity index (χ1) is 11.8. The Morgan fingerprint density at radius 3 is 2.76 bits per heavy atom. The van der Waals surface area contributed by atoms with E-state index in [0.717, 1.165) is 28.3 Å². The Kier molecular flexibility index (Phi) is 4.72. The number of aryl methyl sites for hydroxylation is 3. The lowest BCUT2D eigenvalue weighted by atomic mass is 10.1. The van der Waals surface area contributed by atoms with Gasteiger partial charge < -0.3 is 5.32 Å². The van der Waals surface area contributed by atoms with Crippen molar-refractivity contribution in [3.05, 3.63) is 57.8 Å². The summed E-state index contributed by atoms with van der Waals surface area (Å²) in [4.78, 5) is 16.7. The first-order valence-corrected chi connectivity index (χ1v) is 8.30. The van der Waals surface area contributed by atoms with E-state index in [2.05, 4.69) is 15.4 Å². The van der Waals surface area contributed by atoms with Crippen LogP contribution in [0.3, 0.4) is 0 Å². The minimum atomic E-state index is -0.560. The Hall–Kier alpha value is -2.47. The van der Waals surface area contributed by atoms with Crippen molar-refractivity contribution in [1.82, 2.24) is 14.6 Å². The molecule has 7 heteroatoms. The van der Waals surface area contributed by atoms with E-state index in [1.165, 1.54) is 12.1 Å². The summed E-state index contributed by atoms with van der Waals surface area (Å²) in [5.74, 6) is -0.757. The minimum Gasteiger partial charge on any atom is -0.326 e. The molecule has 5 nitrogen and oxygen atoms in total. The van der Waals surface area contributed by atoms with Crippen LogP contribution < -0.4 is 5.32 Å². The van der Waals surface area contributed by atoms with E-state index in [1.807, 2.05) is 26.8 Å². The maximum Gasteiger partial charge on any atom is 0.224 e. The van der Waals surface area contributed by atoms with E-state index < -0.39 is 5.82 Å². The van der Waals surface area contributed by atoms with Crippen LogP contribution in [0.5, 0.6) is 0 Å². The molecule has 2 aromatic heterocycles. The third kappa shape index (κ3) is 3.64. The van der Waals surface area contributed by atoms with E-state index >= 15 is 0 Å². The van der Waals surface area contributed by atoms with Crippen molar-refractivity contribution < 1.29 is 9.18 Å². The predicted molar refractivity (Wildman–Crippen MR) is 95.6 cm³/mol. The molecular formula is C18H18ClFN4O. The van der Waals surface area contributed by atoms with Crippen LogP contribution in [0.25, 0.3) is 5.65 Å². The van der Waals surface area contributed by atoms with Gasteiger partial charge in [-0.2, -0.15) is 5.10 Å². The standard InChI is InChI=1S/C18H18ClFN4O/c1-10-8-17-21-11(2)14(12(3)24(17)23-10)5-7-18(25)22-13-4-6-15(19)16(20)9-13/h4,6,8-9H,5,7H2,1-3H3,(H,22,25). The molecule has 0 unspecified atom stereocenters. The van der Waals surface area contributed by atoms with Crippen molar-refractivity contribution in [1.29, 1.82) is 0 Å². The van der Waals surface area contributed by atoms with E-state index in [0.29, 0.717) is 12.1 Å². The molecule has 0 radical (unpaired) electrons. The zero-order valence-corrected chi connectivity index (χ0v) is 15.0. The lowest BCUT2D eigenvalue weighted by Gasteiger charge is -2.11. The normalized spacial score (nSPS) is 11.1. The summed E-state index contributed by atoms with van der Waals surface area (Å²) in [5.41, 5.74) is 4.94. The Balaban J connectivity index is 1.73. The maximum absolute atomic E-state index is 13.4. The number of nitrogens with one attached hydrogen (secondary N) is 1. The zero-order valence-electron chi connectivity index (χ0n) is 14.2. The fraction of sp³-hybridized carbons (Fsp3) is 0.278. The van der Waals surface area contributed by atoms with Gasteiger partial charge >= 0.3 is 0 Å². The van der Waals surface area contributed by atoms with Gasteiger partial charge in [0.2, 0.25) is 5.91 Å². The van der Waals surface area contributed by atoms with Crippen LogP contribution in [0.1, 0.15) is 29.1 Å². The highest BCUT2D eigenvalue weighted by Gasteiger charge is 2.13. The summed E-state index contributed by atoms with van der Waals surface area (Å²) in [5, 5.41) is 7.13. The number of nitrogens with zero attached hydrogens (tertiary/aromatic N) is 3. The molecule has 0 aliphatic carbocycles. The van der Waals surface area contributed by atoms with Gasteiger partial charge in [0, 0.05) is 29.6 Å². The summed E-state index contributed by atoms with van der Waals surface area (Å²) < 4.78 is 15.2. The lowest BCUT2D eigenvalue weighted by molar-refractivity contribution is -0.116. The number of halogens is 2. The van der Waals surface area contributed by atoms with Gasteiger partial charge in [0.25, 0.3) is 0 Å². The van der Waals surface area contributed by atoms with Gasteiger partial charge in [0.1, 0.15) is 5.82 Å². The van der Waals surface area contributed by atoms with Crippen molar-refractivity contribution in [2.75, 3.05) is 5.32 Å². The van der Waals surface area contributed by atoms with Crippen LogP contribution in [-0.2, 0) is 11.2 Å². The molecule has 1 aromatic carbocycles. The quantitative estimate of drug-likeness (QED) is 0.764. The first kappa shape index (κ1) is 17.4. The van der Waals surface area contributed by atoms with E-state index in [9.17, 15) is 9.18 Å². The van der Waals surface area contributed by atoms with E-state index in [1.54, 1.807) is 10.6 Å². The number of benzene rings is 1. The second-order valence-corrected chi connectivity index (χ2v) is 6.40. The Morgan fingerprint density at radius 2 is 2.04 bits per heavy atom. The van der Waals surface area contributed by atoms with Crippen LogP contribution in [-0.4, -0.2) is 20.5 Å². The largest absolute Gasteiger partial charge is 0.326 e. The predicted octanol–water partition coefficient (Wildman–Crippen LogP) is 4.02. The van der Waals surface area contributed by atoms with Crippen LogP contribution in [0, 0.1) is 26.6 Å². The molecule has 0 saturated heterocycles. The summed E-state index contributed by atoms with van der Waals surface area (Å²) in [7, 11) is 0. The second kappa shape index (κ2) is 6.80. The molecule has 130 valence electrons. The molecule has 0 atom stereocenters. The fourth-order valence-electron chi connectivity index (χ4n) is 2.84. The Bertz CT molecular complexity index is 967. The van der Waals surface area contributed by atoms with Crippen molar-refractivity contribution in [3.8, 4) is 0 Å². The average molecular weight is 361 g/mol. The number of rotatable bonds is 4. The zero-order chi connectivity index (χ0) is 18.1. The maximum atomic E-state index is 13.4. The lowest BCUT2D eigenvalue weighted by Crippen LogP contribution is -2.14. The van der Waals surface area contributed by atoms with Gasteiger partial charge in [-0.05, 0) is 51.0 Å². The smallest absolute Gasteiger partial charge is 0.224 e. The SMILES string of the molecule is Cc1cc2nc(C)c(CCC(=O)Nc3ccc(Cl)c(F)c3)c(C)n2n1. The van der Waals surface area contributed by atoms with Gasteiger partial charge in [0.05, 0.1) is 10.7 Å². The highest BCUT2D eigenvalue weighted by molar-refractivity contribution is 6.30. The molecule has 0 aliphatic heterocycles. The number of aromatic nitrogens is 3. The van der Waals surface area contributed by atoms with Crippen LogP contribution in [0.4, 0.5) is 10.1 Å². The molecule has 0 spiro atoms. The molecule has 1 amide bonds. The van der Waals surface area contributed by atoms with Gasteiger partial charge in [-0.15, -0.1) is 0 Å². The highest BCUT2D eigenvalue weighted by atomic mass is 35.5. The summed E-state index contributed by atoms with van der Waals surface area (Å²) in [6.45, 7) is 5.81. The van der Waals surface area contributed by atoms with Crippen molar-refractivity contribution in [2.24, 2.45) is 0 Å². The Labute approximate surface area is 149 Å². The average Bonchev–Trinajstić information content (AvgIpc) is 2.91. The number of carbonyl (C=O) groups excluding carboxylic acids is 1. The first-order valence-electron chi connectivity index (χ1n) is 7.92. The molecule has 2 heterocycles. The van der Waals surface area contributed by atoms with Crippen molar-refractivity contribution in [3.63, 3.8) is 0 Å². The number of hydrogen-bond donors (Lipinski definition) is 1. The summed E-state index contributed by atoms with van der Waals surface area (Å²) in [6.07, 6.45) is 0.792. The van der Waals surface area contributed by atoms with Crippen LogP contribution in [0.2, 0.25) is 5.02 Å². The molecule has 25 heavy (non-hydrogen) atoms. The van der Waals surface area contributed by atoms with Gasteiger partial charge in [0.15, 0.2) is 5.65 Å². The topological polar surface area (TPSA) is 59.3 Å². The van der Waals surface area contributed by atoms with Crippen LogP contribution >= 0.6 is 11.6 Å². The third-order valence-corrected chi connectivity index (χ3v) is 4.40. The highest BCUT2D eigenvalue weighted by Crippen LogP contribution is 2.20. The molecule has 0 aliphatic rings. The molecule has 3 rings (SSSR count). The number of hydrogen-bond acceptors (Lipinski definition) is 3. The number of fused-ring (bicyclic) bond motifs is 1. The van der Waals surface area contributed by atoms with Crippen molar-refractivity contribution in [2.45, 2.75) is 33.6 Å². The third-order valence-electron chi connectivity index (χ3n) is 4.09. The van der Waals surface area contributed by atoms with Crippen molar-refractivity contribution >= 4 is 28.8 Å². The minimum absolute atomic E-state index is 0.0261. The molecule has 0 bridgehead atoms. The number of carbonyl (C=O) groups is 1. The van der Waals surface area contributed by atoms with E-state index in [-0.39, 0.29) is 17.4 Å². The molecule has 0 fully saturated rings. The molecular weight excluding hydrogens is 343 g/mol. The summed E-state index contributed by atoms with van der Waals surface area (Å²) >= 11 is 5.64. The number of anilines is 1. The fourth-order valence-corrected chi connectivity index (χ4v) is 2.96. The van der Waals surface area contributed by atoms with Crippen LogP contribution in [0.15, 0.2) is 24.3 Å². The van der Waals surface area contributed by atoms with Gasteiger partial charge in [-0.3, -0.25) is 4.79 Å². The molecule has 0 saturated carbocycles. The number of amides is 1. The molecule has 1 N–H and O–H groups in total. The van der Waals surface area contributed by atoms with E-state index in [4.69, 9.17) is 11.6 Å². The second-order valence-electron chi connectivity index (χ2n) is 5.99. The molecule has 3 aromatic rings. The Morgan fingerprint density at radius 1 is 1.28 bits per heavy atom. The van der Waals surface area contributed by atoms with Gasteiger partial charge in [-0.1, -0.05) is 11.6 Å². The monoisotopic (exact) mass is 360 g/mol. The van der Waals surface area contributed by atoms with Gasteiger partial charge in [-0.25, -0.2) is 13.9 Å². The summed E-state index contributed by atoms with van der Waals surface area (Å²) in [6, 6.07) is 6.11.